The van der Waals surface area contributed by atoms with Gasteiger partial charge in [-0.15, -0.1) is 0 Å². The lowest BCUT2D eigenvalue weighted by atomic mass is 10.1. The Labute approximate surface area is 94.0 Å². The Morgan fingerprint density at radius 2 is 2.20 bits per heavy atom. The molecule has 90 valence electrons. The highest BCUT2D eigenvalue weighted by Crippen LogP contribution is 2.28. The topological polar surface area (TPSA) is 38.5 Å². The first-order valence-electron chi connectivity index (χ1n) is 6.22. The number of nitrogens with two attached hydrogens (primary N) is 1. The molecule has 1 aliphatic rings. The first-order valence-corrected chi connectivity index (χ1v) is 6.22. The van der Waals surface area contributed by atoms with Gasteiger partial charge in [-0.2, -0.15) is 0 Å². The van der Waals surface area contributed by atoms with Gasteiger partial charge >= 0.3 is 0 Å². The van der Waals surface area contributed by atoms with Gasteiger partial charge in [-0.3, -0.25) is 0 Å². The van der Waals surface area contributed by atoms with Crippen molar-refractivity contribution in [1.82, 2.24) is 4.90 Å². The van der Waals surface area contributed by atoms with Crippen LogP contribution in [0.1, 0.15) is 32.6 Å². The average molecular weight is 214 g/mol. The molecule has 3 nitrogen and oxygen atoms in total. The van der Waals surface area contributed by atoms with E-state index in [9.17, 15) is 0 Å². The van der Waals surface area contributed by atoms with E-state index in [0.29, 0.717) is 6.04 Å². The first kappa shape index (κ1) is 12.9. The molecule has 1 saturated carbocycles. The van der Waals surface area contributed by atoms with Gasteiger partial charge in [0.25, 0.3) is 0 Å². The molecule has 0 aromatic heterocycles. The van der Waals surface area contributed by atoms with Gasteiger partial charge in [0.2, 0.25) is 0 Å². The van der Waals surface area contributed by atoms with Crippen molar-refractivity contribution < 1.29 is 4.74 Å². The van der Waals surface area contributed by atoms with Crippen LogP contribution in [0.4, 0.5) is 0 Å². The largest absolute Gasteiger partial charge is 0.380 e. The summed E-state index contributed by atoms with van der Waals surface area (Å²) in [5.41, 5.74) is 5.50. The summed E-state index contributed by atoms with van der Waals surface area (Å²) >= 11 is 0. The summed E-state index contributed by atoms with van der Waals surface area (Å²) in [5.74, 6) is 0.880. The lowest BCUT2D eigenvalue weighted by Crippen LogP contribution is -2.32. The molecule has 0 saturated heterocycles. The molecule has 0 aromatic rings. The summed E-state index contributed by atoms with van der Waals surface area (Å²) in [6.07, 6.45) is 5.07. The molecule has 1 unspecified atom stereocenters. The number of hydrogen-bond acceptors (Lipinski definition) is 3. The molecule has 1 aliphatic carbocycles. The van der Waals surface area contributed by atoms with E-state index in [-0.39, 0.29) is 0 Å². The van der Waals surface area contributed by atoms with Gasteiger partial charge in [0, 0.05) is 19.2 Å². The fraction of sp³-hybridized carbons (Fsp3) is 1.00. The van der Waals surface area contributed by atoms with E-state index in [4.69, 9.17) is 10.5 Å². The molecule has 15 heavy (non-hydrogen) atoms. The minimum Gasteiger partial charge on any atom is -0.380 e. The van der Waals surface area contributed by atoms with Crippen LogP contribution in [0.15, 0.2) is 0 Å². The molecule has 0 aromatic carbocycles. The van der Waals surface area contributed by atoms with Crippen molar-refractivity contribution in [3.63, 3.8) is 0 Å². The zero-order valence-corrected chi connectivity index (χ0v) is 10.2. The molecule has 0 spiro atoms. The van der Waals surface area contributed by atoms with Crippen LogP contribution in [-0.4, -0.2) is 44.3 Å². The average Bonchev–Trinajstić information content (AvgIpc) is 3.04. The van der Waals surface area contributed by atoms with E-state index in [1.54, 1.807) is 0 Å². The van der Waals surface area contributed by atoms with Gasteiger partial charge in [-0.1, -0.05) is 0 Å². The summed E-state index contributed by atoms with van der Waals surface area (Å²) < 4.78 is 5.62. The third-order valence-corrected chi connectivity index (χ3v) is 3.22. The van der Waals surface area contributed by atoms with Gasteiger partial charge in [0.15, 0.2) is 0 Å². The van der Waals surface area contributed by atoms with E-state index in [2.05, 4.69) is 18.9 Å². The van der Waals surface area contributed by atoms with Gasteiger partial charge in [0.1, 0.15) is 0 Å². The van der Waals surface area contributed by atoms with Crippen LogP contribution in [0.5, 0.6) is 0 Å². The minimum absolute atomic E-state index is 0.623. The summed E-state index contributed by atoms with van der Waals surface area (Å²) in [7, 11) is 2.17. The Morgan fingerprint density at radius 3 is 2.80 bits per heavy atom. The maximum atomic E-state index is 5.62. The second-order valence-corrected chi connectivity index (χ2v) is 4.78. The summed E-state index contributed by atoms with van der Waals surface area (Å²) in [5, 5.41) is 0. The molecule has 2 N–H and O–H groups in total. The van der Waals surface area contributed by atoms with Crippen molar-refractivity contribution in [3.05, 3.63) is 0 Å². The second kappa shape index (κ2) is 7.20. The molecule has 0 radical (unpaired) electrons. The predicted molar refractivity (Wildman–Crippen MR) is 63.9 cm³/mol. The molecule has 1 atom stereocenters. The molecule has 0 aliphatic heterocycles. The van der Waals surface area contributed by atoms with Crippen molar-refractivity contribution in [2.75, 3.05) is 33.4 Å². The third kappa shape index (κ3) is 6.13. The SMILES string of the molecule is CC(CCCN)N(C)CCOCC1CC1. The quantitative estimate of drug-likeness (QED) is 0.591. The summed E-state index contributed by atoms with van der Waals surface area (Å²) in [6.45, 7) is 5.95. The molecular weight excluding hydrogens is 188 g/mol. The smallest absolute Gasteiger partial charge is 0.0593 e. The summed E-state index contributed by atoms with van der Waals surface area (Å²) in [6, 6.07) is 0.623. The number of nitrogens with zero attached hydrogens (tertiary/aromatic N) is 1. The van der Waals surface area contributed by atoms with E-state index in [1.165, 1.54) is 19.3 Å². The monoisotopic (exact) mass is 214 g/mol. The molecular formula is C12H26N2O. The van der Waals surface area contributed by atoms with Gasteiger partial charge in [-0.25, -0.2) is 0 Å². The van der Waals surface area contributed by atoms with Crippen molar-refractivity contribution in [2.45, 2.75) is 38.6 Å². The van der Waals surface area contributed by atoms with E-state index >= 15 is 0 Å². The molecule has 1 fully saturated rings. The van der Waals surface area contributed by atoms with E-state index in [1.807, 2.05) is 0 Å². The fourth-order valence-corrected chi connectivity index (χ4v) is 1.60. The molecule has 1 rings (SSSR count). The Bertz CT molecular complexity index is 160. The predicted octanol–water partition coefficient (Wildman–Crippen LogP) is 1.47. The number of rotatable bonds is 9. The van der Waals surface area contributed by atoms with Crippen LogP contribution in [0.3, 0.4) is 0 Å². The van der Waals surface area contributed by atoms with Crippen molar-refractivity contribution in [3.8, 4) is 0 Å². The summed E-state index contributed by atoms with van der Waals surface area (Å²) in [4.78, 5) is 2.36. The lowest BCUT2D eigenvalue weighted by Gasteiger charge is -2.24. The first-order chi connectivity index (χ1) is 7.24. The maximum absolute atomic E-state index is 5.62. The number of likely N-dealkylation sites (N-methyl/N-ethyl adjacent to an activating group) is 1. The molecule has 0 bridgehead atoms. The fourth-order valence-electron chi connectivity index (χ4n) is 1.60. The Morgan fingerprint density at radius 1 is 1.47 bits per heavy atom. The Hall–Kier alpha value is -0.120. The second-order valence-electron chi connectivity index (χ2n) is 4.78. The minimum atomic E-state index is 0.623. The number of hydrogen-bond donors (Lipinski definition) is 1. The Kier molecular flexibility index (Phi) is 6.22. The zero-order chi connectivity index (χ0) is 11.1. The van der Waals surface area contributed by atoms with E-state index < -0.39 is 0 Å². The van der Waals surface area contributed by atoms with Crippen LogP contribution >= 0.6 is 0 Å². The third-order valence-electron chi connectivity index (χ3n) is 3.22. The zero-order valence-electron chi connectivity index (χ0n) is 10.2. The highest BCUT2D eigenvalue weighted by atomic mass is 16.5. The van der Waals surface area contributed by atoms with Gasteiger partial charge < -0.3 is 15.4 Å². The van der Waals surface area contributed by atoms with E-state index in [0.717, 1.165) is 38.6 Å². The highest BCUT2D eigenvalue weighted by Gasteiger charge is 2.21. The van der Waals surface area contributed by atoms with Crippen LogP contribution in [0.25, 0.3) is 0 Å². The standard InChI is InChI=1S/C12H26N2O/c1-11(4-3-7-13)14(2)8-9-15-10-12-5-6-12/h11-12H,3-10,13H2,1-2H3. The molecule has 3 heteroatoms. The Balaban J connectivity index is 1.92. The van der Waals surface area contributed by atoms with Crippen LogP contribution in [0, 0.1) is 5.92 Å². The molecule has 0 heterocycles. The normalized spacial score (nSPS) is 18.4. The number of ether oxygens (including phenoxy) is 1. The molecule has 0 amide bonds. The van der Waals surface area contributed by atoms with Gasteiger partial charge in [-0.05, 0) is 52.1 Å². The maximum Gasteiger partial charge on any atom is 0.0593 e. The van der Waals surface area contributed by atoms with Crippen LogP contribution < -0.4 is 5.73 Å². The van der Waals surface area contributed by atoms with Crippen LogP contribution in [-0.2, 0) is 4.74 Å². The lowest BCUT2D eigenvalue weighted by molar-refractivity contribution is 0.0922. The van der Waals surface area contributed by atoms with Crippen LogP contribution in [0.2, 0.25) is 0 Å². The van der Waals surface area contributed by atoms with Crippen molar-refractivity contribution in [1.29, 1.82) is 0 Å². The van der Waals surface area contributed by atoms with Crippen molar-refractivity contribution in [2.24, 2.45) is 11.7 Å². The van der Waals surface area contributed by atoms with Crippen molar-refractivity contribution >= 4 is 0 Å². The highest BCUT2D eigenvalue weighted by molar-refractivity contribution is 4.72. The van der Waals surface area contributed by atoms with Gasteiger partial charge in [0.05, 0.1) is 6.61 Å².